The molecular weight excluding hydrogens is 151 g/mol. The molecule has 0 radical (unpaired) electrons. The molecular formula is C8H11NaO2. The van der Waals surface area contributed by atoms with Gasteiger partial charge in [0.25, 0.3) is 0 Å². The number of ether oxygens (including phenoxy) is 1. The summed E-state index contributed by atoms with van der Waals surface area (Å²) in [6.07, 6.45) is -0.734. The molecule has 0 aliphatic heterocycles. The Hall–Kier alpha value is -0.0200. The van der Waals surface area contributed by atoms with E-state index in [-0.39, 0.29) is 29.6 Å². The maximum absolute atomic E-state index is 8.78. The fourth-order valence-electron chi connectivity index (χ4n) is 0.696. The Bertz CT molecular complexity index is 187. The van der Waals surface area contributed by atoms with Crippen molar-refractivity contribution in [2.75, 3.05) is 0 Å². The fourth-order valence-corrected chi connectivity index (χ4v) is 0.696. The van der Waals surface area contributed by atoms with E-state index in [1.165, 1.54) is 0 Å². The number of rotatable bonds is 2. The number of aliphatic hydroxyl groups is 1. The summed E-state index contributed by atoms with van der Waals surface area (Å²) in [5.74, 6) is 0.692. The van der Waals surface area contributed by atoms with Crippen LogP contribution in [-0.4, -0.2) is 41.0 Å². The van der Waals surface area contributed by atoms with Crippen LogP contribution in [0.4, 0.5) is 0 Å². The monoisotopic (exact) mass is 162 g/mol. The standard InChI is InChI=1S/C8H10O2.Na.H/c1-7(9)10-8-5-3-2-4-6-8;;/h2-7,9H,1H3;;. The Morgan fingerprint density at radius 2 is 1.82 bits per heavy atom. The van der Waals surface area contributed by atoms with Crippen LogP contribution < -0.4 is 4.74 Å². The molecule has 56 valence electrons. The summed E-state index contributed by atoms with van der Waals surface area (Å²) < 4.78 is 4.97. The first-order chi connectivity index (χ1) is 4.79. The molecule has 1 N–H and O–H groups in total. The topological polar surface area (TPSA) is 29.5 Å². The predicted molar refractivity (Wildman–Crippen MR) is 45.9 cm³/mol. The van der Waals surface area contributed by atoms with E-state index >= 15 is 0 Å². The number of hydrogen-bond donors (Lipinski definition) is 1. The zero-order valence-electron chi connectivity index (χ0n) is 5.82. The van der Waals surface area contributed by atoms with Gasteiger partial charge in [-0.15, -0.1) is 0 Å². The van der Waals surface area contributed by atoms with Crippen LogP contribution in [0.1, 0.15) is 6.92 Å². The molecule has 11 heavy (non-hydrogen) atoms. The summed E-state index contributed by atoms with van der Waals surface area (Å²) in [6.45, 7) is 1.58. The maximum atomic E-state index is 8.78. The summed E-state index contributed by atoms with van der Waals surface area (Å²) in [5, 5.41) is 8.78. The average molecular weight is 162 g/mol. The average Bonchev–Trinajstić information content (AvgIpc) is 1.88. The minimum atomic E-state index is -0.734. The molecule has 1 aromatic carbocycles. The van der Waals surface area contributed by atoms with Gasteiger partial charge in [-0.3, -0.25) is 0 Å². The van der Waals surface area contributed by atoms with Gasteiger partial charge in [-0.25, -0.2) is 0 Å². The summed E-state index contributed by atoms with van der Waals surface area (Å²) in [6, 6.07) is 9.21. The summed E-state index contributed by atoms with van der Waals surface area (Å²) in [7, 11) is 0. The van der Waals surface area contributed by atoms with E-state index in [9.17, 15) is 0 Å². The van der Waals surface area contributed by atoms with Crippen LogP contribution in [0.2, 0.25) is 0 Å². The van der Waals surface area contributed by atoms with Crippen LogP contribution in [0.5, 0.6) is 5.75 Å². The molecule has 1 rings (SSSR count). The van der Waals surface area contributed by atoms with E-state index in [1.54, 1.807) is 19.1 Å². The third-order valence-electron chi connectivity index (χ3n) is 1.05. The first kappa shape index (κ1) is 11.0. The van der Waals surface area contributed by atoms with Crippen LogP contribution in [0.15, 0.2) is 30.3 Å². The van der Waals surface area contributed by atoms with Crippen molar-refractivity contribution in [1.82, 2.24) is 0 Å². The number of para-hydroxylation sites is 1. The number of benzene rings is 1. The Morgan fingerprint density at radius 3 is 2.27 bits per heavy atom. The van der Waals surface area contributed by atoms with Gasteiger partial charge in [-0.05, 0) is 19.1 Å². The molecule has 2 nitrogen and oxygen atoms in total. The van der Waals surface area contributed by atoms with Crippen molar-refractivity contribution in [1.29, 1.82) is 0 Å². The molecule has 0 saturated heterocycles. The molecule has 0 aliphatic rings. The van der Waals surface area contributed by atoms with E-state index in [4.69, 9.17) is 9.84 Å². The van der Waals surface area contributed by atoms with Gasteiger partial charge in [0.1, 0.15) is 5.75 Å². The fraction of sp³-hybridized carbons (Fsp3) is 0.250. The van der Waals surface area contributed by atoms with Gasteiger partial charge in [0.15, 0.2) is 6.29 Å². The summed E-state index contributed by atoms with van der Waals surface area (Å²) >= 11 is 0. The minimum absolute atomic E-state index is 0. The van der Waals surface area contributed by atoms with Crippen molar-refractivity contribution >= 4 is 29.6 Å². The van der Waals surface area contributed by atoms with E-state index in [2.05, 4.69) is 0 Å². The summed E-state index contributed by atoms with van der Waals surface area (Å²) in [5.41, 5.74) is 0. The quantitative estimate of drug-likeness (QED) is 0.513. The number of aliphatic hydroxyl groups excluding tert-OH is 1. The zero-order chi connectivity index (χ0) is 7.40. The van der Waals surface area contributed by atoms with E-state index in [1.807, 2.05) is 18.2 Å². The van der Waals surface area contributed by atoms with E-state index in [0.29, 0.717) is 5.75 Å². The predicted octanol–water partition coefficient (Wildman–Crippen LogP) is 0.755. The van der Waals surface area contributed by atoms with Crippen LogP contribution in [-0.2, 0) is 0 Å². The van der Waals surface area contributed by atoms with Gasteiger partial charge in [-0.2, -0.15) is 0 Å². The van der Waals surface area contributed by atoms with Crippen LogP contribution in [0.3, 0.4) is 0 Å². The van der Waals surface area contributed by atoms with Crippen LogP contribution in [0.25, 0.3) is 0 Å². The third-order valence-corrected chi connectivity index (χ3v) is 1.05. The molecule has 0 aromatic heterocycles. The number of hydrogen-bond acceptors (Lipinski definition) is 2. The zero-order valence-corrected chi connectivity index (χ0v) is 5.82. The Labute approximate surface area is 88.5 Å². The molecule has 1 unspecified atom stereocenters. The molecule has 1 atom stereocenters. The van der Waals surface area contributed by atoms with Crippen molar-refractivity contribution in [3.05, 3.63) is 30.3 Å². The van der Waals surface area contributed by atoms with Crippen molar-refractivity contribution < 1.29 is 9.84 Å². The Kier molecular flexibility index (Phi) is 5.60. The molecule has 3 heteroatoms. The molecule has 0 heterocycles. The first-order valence-corrected chi connectivity index (χ1v) is 3.19. The van der Waals surface area contributed by atoms with Gasteiger partial charge in [0.2, 0.25) is 0 Å². The molecule has 1 aromatic rings. The second-order valence-corrected chi connectivity index (χ2v) is 2.03. The third kappa shape index (κ3) is 4.43. The van der Waals surface area contributed by atoms with Gasteiger partial charge in [0.05, 0.1) is 0 Å². The molecule has 0 amide bonds. The second kappa shape index (κ2) is 5.61. The SMILES string of the molecule is CC(O)Oc1ccccc1.[NaH]. The van der Waals surface area contributed by atoms with Crippen molar-refractivity contribution in [2.24, 2.45) is 0 Å². The van der Waals surface area contributed by atoms with Crippen molar-refractivity contribution in [2.45, 2.75) is 13.2 Å². The molecule has 0 aliphatic carbocycles. The second-order valence-electron chi connectivity index (χ2n) is 2.03. The molecule has 0 fully saturated rings. The van der Waals surface area contributed by atoms with Gasteiger partial charge in [0, 0.05) is 0 Å². The molecule has 0 bridgehead atoms. The summed E-state index contributed by atoms with van der Waals surface area (Å²) in [4.78, 5) is 0. The molecule has 0 saturated carbocycles. The van der Waals surface area contributed by atoms with E-state index < -0.39 is 6.29 Å². The van der Waals surface area contributed by atoms with Gasteiger partial charge < -0.3 is 9.84 Å². The van der Waals surface area contributed by atoms with Gasteiger partial charge in [-0.1, -0.05) is 18.2 Å². The van der Waals surface area contributed by atoms with Crippen molar-refractivity contribution in [3.63, 3.8) is 0 Å². The van der Waals surface area contributed by atoms with Crippen LogP contribution in [0, 0.1) is 0 Å². The van der Waals surface area contributed by atoms with Crippen LogP contribution >= 0.6 is 0 Å². The normalized spacial score (nSPS) is 11.5. The van der Waals surface area contributed by atoms with E-state index in [0.717, 1.165) is 0 Å². The van der Waals surface area contributed by atoms with Gasteiger partial charge >= 0.3 is 29.6 Å². The van der Waals surface area contributed by atoms with Crippen molar-refractivity contribution in [3.8, 4) is 5.75 Å². The first-order valence-electron chi connectivity index (χ1n) is 3.19. The molecule has 0 spiro atoms. The Morgan fingerprint density at radius 1 is 1.27 bits per heavy atom. The Balaban J connectivity index is 0.000001000.